The maximum absolute atomic E-state index is 12.3. The zero-order chi connectivity index (χ0) is 16.8. The zero-order valence-corrected chi connectivity index (χ0v) is 14.0. The van der Waals surface area contributed by atoms with E-state index in [-0.39, 0.29) is 5.91 Å². The molecule has 128 valence electrons. The molecule has 24 heavy (non-hydrogen) atoms. The van der Waals surface area contributed by atoms with Crippen molar-refractivity contribution in [3.05, 3.63) is 47.7 Å². The van der Waals surface area contributed by atoms with Gasteiger partial charge in [-0.1, -0.05) is 56.0 Å². The number of nitrogens with one attached hydrogen (secondary N) is 2. The monoisotopic (exact) mass is 326 g/mol. The number of carbonyl (C=O) groups excluding carboxylic acids is 1. The van der Waals surface area contributed by atoms with Crippen molar-refractivity contribution in [1.29, 1.82) is 0 Å². The van der Waals surface area contributed by atoms with Crippen LogP contribution in [0.4, 0.5) is 5.82 Å². The van der Waals surface area contributed by atoms with E-state index in [4.69, 9.17) is 5.73 Å². The van der Waals surface area contributed by atoms with Crippen LogP contribution < -0.4 is 11.1 Å². The molecule has 1 fully saturated rings. The second-order valence-electron chi connectivity index (χ2n) is 6.68. The van der Waals surface area contributed by atoms with Crippen LogP contribution in [0.1, 0.15) is 55.7 Å². The number of anilines is 1. The molecule has 0 spiro atoms. The average molecular weight is 326 g/mol. The van der Waals surface area contributed by atoms with Gasteiger partial charge in [0.05, 0.1) is 6.04 Å². The highest BCUT2D eigenvalue weighted by Gasteiger charge is 2.19. The van der Waals surface area contributed by atoms with Gasteiger partial charge in [-0.3, -0.25) is 9.89 Å². The molecular weight excluding hydrogens is 300 g/mol. The predicted molar refractivity (Wildman–Crippen MR) is 95.8 cm³/mol. The minimum atomic E-state index is -0.578. The van der Waals surface area contributed by atoms with E-state index in [1.165, 1.54) is 38.5 Å². The van der Waals surface area contributed by atoms with Crippen molar-refractivity contribution in [2.75, 3.05) is 5.32 Å². The van der Waals surface area contributed by atoms with Gasteiger partial charge in [-0.25, -0.2) is 0 Å². The number of nitrogens with two attached hydrogens (primary N) is 1. The summed E-state index contributed by atoms with van der Waals surface area (Å²) in [6.45, 7) is 0. The summed E-state index contributed by atoms with van der Waals surface area (Å²) in [5.41, 5.74) is 8.20. The van der Waals surface area contributed by atoms with Gasteiger partial charge >= 0.3 is 0 Å². The summed E-state index contributed by atoms with van der Waals surface area (Å²) < 4.78 is 0. The Bertz CT molecular complexity index is 644. The molecular formula is C19H26N4O. The van der Waals surface area contributed by atoms with Gasteiger partial charge in [0, 0.05) is 17.7 Å². The Morgan fingerprint density at radius 3 is 2.62 bits per heavy atom. The van der Waals surface area contributed by atoms with E-state index in [2.05, 4.69) is 15.5 Å². The number of rotatable bonds is 5. The second-order valence-corrected chi connectivity index (χ2v) is 6.68. The van der Waals surface area contributed by atoms with Gasteiger partial charge < -0.3 is 11.1 Å². The SMILES string of the molecule is N[C@@H](Cc1ccccc1)C(=O)Nc1cc(C2CCCCCC2)[nH]n1. The van der Waals surface area contributed by atoms with Crippen LogP contribution in [-0.2, 0) is 11.2 Å². The van der Waals surface area contributed by atoms with Gasteiger partial charge in [-0.2, -0.15) is 5.10 Å². The van der Waals surface area contributed by atoms with Crippen LogP contribution in [0.5, 0.6) is 0 Å². The third-order valence-electron chi connectivity index (χ3n) is 4.78. The van der Waals surface area contributed by atoms with Crippen LogP contribution in [-0.4, -0.2) is 22.1 Å². The normalized spacial score (nSPS) is 17.2. The largest absolute Gasteiger partial charge is 0.320 e. The quantitative estimate of drug-likeness (QED) is 0.737. The Morgan fingerprint density at radius 1 is 1.21 bits per heavy atom. The molecule has 2 aromatic rings. The molecule has 0 aliphatic heterocycles. The van der Waals surface area contributed by atoms with E-state index in [1.54, 1.807) is 0 Å². The Labute approximate surface area is 143 Å². The number of hydrogen-bond acceptors (Lipinski definition) is 3. The molecule has 1 saturated carbocycles. The van der Waals surface area contributed by atoms with Gasteiger partial charge in [0.2, 0.25) is 5.91 Å². The third kappa shape index (κ3) is 4.45. The number of benzene rings is 1. The Balaban J connectivity index is 1.56. The molecule has 1 aromatic heterocycles. The van der Waals surface area contributed by atoms with E-state index in [1.807, 2.05) is 36.4 Å². The van der Waals surface area contributed by atoms with Crippen molar-refractivity contribution in [3.63, 3.8) is 0 Å². The molecule has 3 rings (SSSR count). The standard InChI is InChI=1S/C19H26N4O/c20-16(12-14-8-4-3-5-9-14)19(24)21-18-13-17(22-23-18)15-10-6-1-2-7-11-15/h3-5,8-9,13,15-16H,1-2,6-7,10-12,20H2,(H2,21,22,23,24)/t16-/m0/s1. The zero-order valence-electron chi connectivity index (χ0n) is 14.0. The maximum Gasteiger partial charge on any atom is 0.242 e. The van der Waals surface area contributed by atoms with Gasteiger partial charge in [-0.15, -0.1) is 0 Å². The smallest absolute Gasteiger partial charge is 0.242 e. The fourth-order valence-corrected chi connectivity index (χ4v) is 3.38. The summed E-state index contributed by atoms with van der Waals surface area (Å²) in [5, 5.41) is 10.2. The van der Waals surface area contributed by atoms with E-state index in [9.17, 15) is 4.79 Å². The molecule has 5 heteroatoms. The summed E-state index contributed by atoms with van der Waals surface area (Å²) in [4.78, 5) is 12.3. The highest BCUT2D eigenvalue weighted by atomic mass is 16.2. The second kappa shape index (κ2) is 8.11. The summed E-state index contributed by atoms with van der Waals surface area (Å²) in [7, 11) is 0. The lowest BCUT2D eigenvalue weighted by molar-refractivity contribution is -0.117. The summed E-state index contributed by atoms with van der Waals surface area (Å²) >= 11 is 0. The van der Waals surface area contributed by atoms with E-state index in [0.717, 1.165) is 11.3 Å². The van der Waals surface area contributed by atoms with Crippen molar-refractivity contribution in [2.24, 2.45) is 5.73 Å². The molecule has 0 radical (unpaired) electrons. The number of H-pyrrole nitrogens is 1. The molecule has 1 aliphatic carbocycles. The first-order valence-electron chi connectivity index (χ1n) is 8.88. The van der Waals surface area contributed by atoms with E-state index < -0.39 is 6.04 Å². The molecule has 1 aromatic carbocycles. The molecule has 1 heterocycles. The number of amides is 1. The van der Waals surface area contributed by atoms with Crippen molar-refractivity contribution >= 4 is 11.7 Å². The van der Waals surface area contributed by atoms with Gasteiger partial charge in [-0.05, 0) is 24.8 Å². The highest BCUT2D eigenvalue weighted by molar-refractivity contribution is 5.94. The molecule has 0 saturated heterocycles. The van der Waals surface area contributed by atoms with Crippen LogP contribution in [0.15, 0.2) is 36.4 Å². The first-order chi connectivity index (χ1) is 11.7. The van der Waals surface area contributed by atoms with Crippen LogP contribution in [0.3, 0.4) is 0 Å². The molecule has 1 aliphatic rings. The lowest BCUT2D eigenvalue weighted by Crippen LogP contribution is -2.37. The molecule has 4 N–H and O–H groups in total. The molecule has 0 bridgehead atoms. The minimum absolute atomic E-state index is 0.197. The Morgan fingerprint density at radius 2 is 1.92 bits per heavy atom. The number of nitrogens with zero attached hydrogens (tertiary/aromatic N) is 1. The number of aromatic nitrogens is 2. The summed E-state index contributed by atoms with van der Waals surface area (Å²) in [6, 6.07) is 11.2. The third-order valence-corrected chi connectivity index (χ3v) is 4.78. The first kappa shape index (κ1) is 16.7. The lowest BCUT2D eigenvalue weighted by atomic mass is 9.97. The van der Waals surface area contributed by atoms with Crippen molar-refractivity contribution in [3.8, 4) is 0 Å². The topological polar surface area (TPSA) is 83.8 Å². The van der Waals surface area contributed by atoms with Gasteiger partial charge in [0.1, 0.15) is 0 Å². The predicted octanol–water partition coefficient (Wildman–Crippen LogP) is 3.36. The maximum atomic E-state index is 12.3. The fourth-order valence-electron chi connectivity index (χ4n) is 3.38. The van der Waals surface area contributed by atoms with Crippen LogP contribution in [0.2, 0.25) is 0 Å². The van der Waals surface area contributed by atoms with Crippen molar-refractivity contribution in [2.45, 2.75) is 56.9 Å². The molecule has 1 atom stereocenters. The number of carbonyl (C=O) groups is 1. The van der Waals surface area contributed by atoms with Crippen LogP contribution in [0.25, 0.3) is 0 Å². The minimum Gasteiger partial charge on any atom is -0.320 e. The Kier molecular flexibility index (Phi) is 5.64. The molecule has 0 unspecified atom stereocenters. The van der Waals surface area contributed by atoms with Crippen LogP contribution in [0, 0.1) is 0 Å². The number of aromatic amines is 1. The van der Waals surface area contributed by atoms with E-state index >= 15 is 0 Å². The van der Waals surface area contributed by atoms with E-state index in [0.29, 0.717) is 18.2 Å². The Hall–Kier alpha value is -2.14. The summed E-state index contributed by atoms with van der Waals surface area (Å²) in [5.74, 6) is 0.907. The van der Waals surface area contributed by atoms with Gasteiger partial charge in [0.25, 0.3) is 0 Å². The van der Waals surface area contributed by atoms with Gasteiger partial charge in [0.15, 0.2) is 5.82 Å². The van der Waals surface area contributed by atoms with Crippen molar-refractivity contribution < 1.29 is 4.79 Å². The number of hydrogen-bond donors (Lipinski definition) is 3. The fraction of sp³-hybridized carbons (Fsp3) is 0.474. The average Bonchev–Trinajstić information content (AvgIpc) is 2.88. The molecule has 1 amide bonds. The lowest BCUT2D eigenvalue weighted by Gasteiger charge is -2.11. The summed E-state index contributed by atoms with van der Waals surface area (Å²) in [6.07, 6.45) is 8.10. The highest BCUT2D eigenvalue weighted by Crippen LogP contribution is 2.31. The van der Waals surface area contributed by atoms with Crippen LogP contribution >= 0.6 is 0 Å². The van der Waals surface area contributed by atoms with Crippen molar-refractivity contribution in [1.82, 2.24) is 10.2 Å². The molecule has 5 nitrogen and oxygen atoms in total. The first-order valence-corrected chi connectivity index (χ1v) is 8.88.